The maximum absolute atomic E-state index is 10.7. The summed E-state index contributed by atoms with van der Waals surface area (Å²) in [5, 5.41) is 21.1. The Morgan fingerprint density at radius 1 is 1.47 bits per heavy atom. The molecule has 0 bridgehead atoms. The molecule has 1 aromatic rings. The molecule has 4 nitrogen and oxygen atoms in total. The summed E-state index contributed by atoms with van der Waals surface area (Å²) in [7, 11) is 0. The number of anilines is 1. The Morgan fingerprint density at radius 2 is 2.12 bits per heavy atom. The zero-order valence-corrected chi connectivity index (χ0v) is 10.5. The van der Waals surface area contributed by atoms with Crippen LogP contribution >= 0.6 is 23.2 Å². The Morgan fingerprint density at radius 3 is 2.59 bits per heavy atom. The monoisotopic (exact) mass is 272 g/mol. The quantitative estimate of drug-likeness (QED) is 0.825. The van der Waals surface area contributed by atoms with Gasteiger partial charge in [-0.05, 0) is 19.1 Å². The van der Waals surface area contributed by atoms with Crippen LogP contribution in [0.1, 0.15) is 12.5 Å². The second-order valence-electron chi connectivity index (χ2n) is 3.45. The average molecular weight is 273 g/mol. The molecule has 0 aliphatic heterocycles. The SMILES string of the molecule is C[C@H](O)[C@H](C=O)Nc1ccc(C#N)c(Cl)c1Cl. The smallest absolute Gasteiger partial charge is 0.144 e. The summed E-state index contributed by atoms with van der Waals surface area (Å²) < 4.78 is 0. The summed E-state index contributed by atoms with van der Waals surface area (Å²) in [5.41, 5.74) is 0.649. The van der Waals surface area contributed by atoms with Gasteiger partial charge in [-0.15, -0.1) is 0 Å². The minimum atomic E-state index is -0.863. The van der Waals surface area contributed by atoms with Crippen molar-refractivity contribution in [2.75, 3.05) is 5.32 Å². The number of hydrogen-bond donors (Lipinski definition) is 2. The fraction of sp³-hybridized carbons (Fsp3) is 0.273. The molecule has 0 saturated carbocycles. The van der Waals surface area contributed by atoms with E-state index in [-0.39, 0.29) is 15.6 Å². The zero-order valence-electron chi connectivity index (χ0n) is 8.95. The van der Waals surface area contributed by atoms with E-state index >= 15 is 0 Å². The standard InChI is InChI=1S/C11H10Cl2N2O2/c1-6(17)9(5-16)15-8-3-2-7(4-14)10(12)11(8)13/h2-3,5-6,9,15,17H,1H3/t6-,9-/m0/s1. The van der Waals surface area contributed by atoms with Crippen molar-refractivity contribution in [1.82, 2.24) is 0 Å². The van der Waals surface area contributed by atoms with Crippen LogP contribution in [0.2, 0.25) is 10.0 Å². The molecule has 0 radical (unpaired) electrons. The van der Waals surface area contributed by atoms with Gasteiger partial charge in [0, 0.05) is 0 Å². The topological polar surface area (TPSA) is 73.1 Å². The van der Waals surface area contributed by atoms with E-state index in [1.54, 1.807) is 0 Å². The second-order valence-corrected chi connectivity index (χ2v) is 4.20. The minimum absolute atomic E-state index is 0.120. The number of halogens is 2. The van der Waals surface area contributed by atoms with Crippen molar-refractivity contribution in [1.29, 1.82) is 5.26 Å². The first kappa shape index (κ1) is 13.8. The molecular formula is C11H10Cl2N2O2. The highest BCUT2D eigenvalue weighted by Crippen LogP contribution is 2.33. The van der Waals surface area contributed by atoms with Gasteiger partial charge in [0.15, 0.2) is 0 Å². The fourth-order valence-corrected chi connectivity index (χ4v) is 1.62. The van der Waals surface area contributed by atoms with Crippen molar-refractivity contribution in [2.45, 2.75) is 19.1 Å². The maximum atomic E-state index is 10.7. The van der Waals surface area contributed by atoms with E-state index in [4.69, 9.17) is 28.5 Å². The number of nitrogens with zero attached hydrogens (tertiary/aromatic N) is 1. The van der Waals surface area contributed by atoms with Crippen LogP contribution in [0.5, 0.6) is 0 Å². The van der Waals surface area contributed by atoms with Crippen LogP contribution in [-0.4, -0.2) is 23.5 Å². The molecular weight excluding hydrogens is 263 g/mol. The highest BCUT2D eigenvalue weighted by atomic mass is 35.5. The van der Waals surface area contributed by atoms with Gasteiger partial charge in [-0.2, -0.15) is 5.26 Å². The Balaban J connectivity index is 3.05. The van der Waals surface area contributed by atoms with Gasteiger partial charge in [0.05, 0.1) is 27.4 Å². The summed E-state index contributed by atoms with van der Waals surface area (Å²) in [6.45, 7) is 1.48. The molecule has 2 atom stereocenters. The van der Waals surface area contributed by atoms with Crippen molar-refractivity contribution in [3.63, 3.8) is 0 Å². The third kappa shape index (κ3) is 3.10. The number of carbonyl (C=O) groups excluding carboxylic acids is 1. The zero-order chi connectivity index (χ0) is 13.0. The molecule has 0 heterocycles. The third-order valence-corrected chi connectivity index (χ3v) is 3.07. The highest BCUT2D eigenvalue weighted by Gasteiger charge is 2.17. The lowest BCUT2D eigenvalue weighted by Gasteiger charge is -2.18. The van der Waals surface area contributed by atoms with E-state index < -0.39 is 12.1 Å². The lowest BCUT2D eigenvalue weighted by Crippen LogP contribution is -2.32. The van der Waals surface area contributed by atoms with E-state index in [1.807, 2.05) is 6.07 Å². The number of benzene rings is 1. The lowest BCUT2D eigenvalue weighted by atomic mass is 10.1. The van der Waals surface area contributed by atoms with Gasteiger partial charge >= 0.3 is 0 Å². The summed E-state index contributed by atoms with van der Waals surface area (Å²) in [5.74, 6) is 0. The summed E-state index contributed by atoms with van der Waals surface area (Å²) in [6.07, 6.45) is -0.286. The van der Waals surface area contributed by atoms with Gasteiger partial charge in [-0.25, -0.2) is 0 Å². The number of carbonyl (C=O) groups is 1. The molecule has 0 saturated heterocycles. The van der Waals surface area contributed by atoms with Crippen LogP contribution in [0.25, 0.3) is 0 Å². The average Bonchev–Trinajstić information content (AvgIpc) is 2.30. The number of aldehydes is 1. The molecule has 0 spiro atoms. The largest absolute Gasteiger partial charge is 0.391 e. The molecule has 6 heteroatoms. The Hall–Kier alpha value is -1.28. The Kier molecular flexibility index (Phi) is 4.76. The molecule has 0 aliphatic carbocycles. The van der Waals surface area contributed by atoms with Crippen molar-refractivity contribution in [3.05, 3.63) is 27.7 Å². The van der Waals surface area contributed by atoms with Crippen molar-refractivity contribution in [2.24, 2.45) is 0 Å². The van der Waals surface area contributed by atoms with E-state index in [0.29, 0.717) is 12.0 Å². The van der Waals surface area contributed by atoms with Crippen LogP contribution in [0.3, 0.4) is 0 Å². The first-order valence-corrected chi connectivity index (χ1v) is 5.54. The van der Waals surface area contributed by atoms with Gasteiger partial charge in [-0.3, -0.25) is 0 Å². The summed E-state index contributed by atoms with van der Waals surface area (Å²) in [6, 6.07) is 4.13. The van der Waals surface area contributed by atoms with E-state index in [9.17, 15) is 9.90 Å². The number of nitriles is 1. The van der Waals surface area contributed by atoms with Crippen molar-refractivity contribution < 1.29 is 9.90 Å². The lowest BCUT2D eigenvalue weighted by molar-refractivity contribution is -0.110. The molecule has 2 N–H and O–H groups in total. The number of nitrogens with one attached hydrogen (secondary N) is 1. The van der Waals surface area contributed by atoms with Crippen LogP contribution in [0.4, 0.5) is 5.69 Å². The fourth-order valence-electron chi connectivity index (χ4n) is 1.20. The maximum Gasteiger partial charge on any atom is 0.144 e. The van der Waals surface area contributed by atoms with Crippen LogP contribution in [-0.2, 0) is 4.79 Å². The Bertz CT molecular complexity index is 469. The number of rotatable bonds is 4. The predicted octanol–water partition coefficient (Wildman–Crippen LogP) is 2.23. The van der Waals surface area contributed by atoms with Gasteiger partial charge in [0.1, 0.15) is 18.4 Å². The molecule has 90 valence electrons. The van der Waals surface area contributed by atoms with E-state index in [1.165, 1.54) is 19.1 Å². The Labute approximate surface area is 109 Å². The van der Waals surface area contributed by atoms with Gasteiger partial charge < -0.3 is 15.2 Å². The molecule has 0 aromatic heterocycles. The van der Waals surface area contributed by atoms with Crippen LogP contribution in [0.15, 0.2) is 12.1 Å². The molecule has 0 aliphatic rings. The van der Waals surface area contributed by atoms with Gasteiger partial charge in [-0.1, -0.05) is 23.2 Å². The molecule has 0 fully saturated rings. The minimum Gasteiger partial charge on any atom is -0.391 e. The van der Waals surface area contributed by atoms with Crippen LogP contribution in [0, 0.1) is 11.3 Å². The van der Waals surface area contributed by atoms with E-state index in [2.05, 4.69) is 5.32 Å². The summed E-state index contributed by atoms with van der Waals surface area (Å²) in [4.78, 5) is 10.7. The molecule has 0 unspecified atom stereocenters. The number of aliphatic hydroxyl groups excluding tert-OH is 1. The predicted molar refractivity (Wildman–Crippen MR) is 66.3 cm³/mol. The third-order valence-electron chi connectivity index (χ3n) is 2.19. The molecule has 0 amide bonds. The molecule has 1 rings (SSSR count). The normalized spacial score (nSPS) is 13.6. The number of hydrogen-bond acceptors (Lipinski definition) is 4. The number of aliphatic hydroxyl groups is 1. The molecule has 17 heavy (non-hydrogen) atoms. The first-order chi connectivity index (χ1) is 8.01. The van der Waals surface area contributed by atoms with Gasteiger partial charge in [0.2, 0.25) is 0 Å². The van der Waals surface area contributed by atoms with Crippen molar-refractivity contribution >= 4 is 35.2 Å². The molecule has 1 aromatic carbocycles. The van der Waals surface area contributed by atoms with Crippen molar-refractivity contribution in [3.8, 4) is 6.07 Å². The highest BCUT2D eigenvalue weighted by molar-refractivity contribution is 6.44. The second kappa shape index (κ2) is 5.87. The summed E-state index contributed by atoms with van der Waals surface area (Å²) >= 11 is 11.8. The van der Waals surface area contributed by atoms with E-state index in [0.717, 1.165) is 0 Å². The first-order valence-electron chi connectivity index (χ1n) is 4.79. The van der Waals surface area contributed by atoms with Gasteiger partial charge in [0.25, 0.3) is 0 Å². The van der Waals surface area contributed by atoms with Crippen LogP contribution < -0.4 is 5.32 Å².